The predicted molar refractivity (Wildman–Crippen MR) is 90.9 cm³/mol. The van der Waals surface area contributed by atoms with Crippen LogP contribution in [0.1, 0.15) is 10.6 Å². The Morgan fingerprint density at radius 2 is 1.96 bits per heavy atom. The van der Waals surface area contributed by atoms with Crippen LogP contribution in [-0.4, -0.2) is 28.1 Å². The third kappa shape index (κ3) is 3.90. The molecule has 122 valence electrons. The second-order valence-electron chi connectivity index (χ2n) is 4.83. The minimum atomic E-state index is -0.454. The minimum absolute atomic E-state index is 0.137. The Bertz CT molecular complexity index is 841. The molecule has 3 rings (SSSR count). The van der Waals surface area contributed by atoms with E-state index in [2.05, 4.69) is 31.7 Å². The maximum atomic E-state index is 11.9. The highest BCUT2D eigenvalue weighted by atomic mass is 79.9. The van der Waals surface area contributed by atoms with Gasteiger partial charge in [0.25, 0.3) is 5.91 Å². The van der Waals surface area contributed by atoms with Crippen molar-refractivity contribution in [1.29, 1.82) is 0 Å². The zero-order valence-electron chi connectivity index (χ0n) is 12.4. The molecule has 0 aliphatic heterocycles. The van der Waals surface area contributed by atoms with E-state index in [-0.39, 0.29) is 18.2 Å². The molecular weight excluding hydrogens is 376 g/mol. The number of hydrogen-bond acceptors (Lipinski definition) is 4. The fourth-order valence-electron chi connectivity index (χ4n) is 2.01. The van der Waals surface area contributed by atoms with Crippen LogP contribution >= 0.6 is 15.9 Å². The van der Waals surface area contributed by atoms with E-state index in [4.69, 9.17) is 4.42 Å². The van der Waals surface area contributed by atoms with E-state index < -0.39 is 5.91 Å². The van der Waals surface area contributed by atoms with Crippen LogP contribution in [0.2, 0.25) is 0 Å². The Kier molecular flexibility index (Phi) is 4.76. The van der Waals surface area contributed by atoms with Crippen LogP contribution in [0.4, 0.5) is 5.69 Å². The predicted octanol–water partition coefficient (Wildman–Crippen LogP) is 2.60. The molecule has 2 amide bonds. The van der Waals surface area contributed by atoms with Gasteiger partial charge in [0.2, 0.25) is 5.91 Å². The van der Waals surface area contributed by atoms with Crippen LogP contribution < -0.4 is 10.6 Å². The molecule has 1 aromatic carbocycles. The number of aromatic nitrogens is 2. The first-order chi connectivity index (χ1) is 11.6. The average Bonchev–Trinajstić information content (AvgIpc) is 3.25. The van der Waals surface area contributed by atoms with Gasteiger partial charge in [0, 0.05) is 18.1 Å². The molecule has 0 radical (unpaired) electrons. The van der Waals surface area contributed by atoms with Crippen molar-refractivity contribution in [3.63, 3.8) is 0 Å². The molecule has 0 unspecified atom stereocenters. The normalized spacial score (nSPS) is 10.4. The smallest absolute Gasteiger partial charge is 0.287 e. The monoisotopic (exact) mass is 388 g/mol. The van der Waals surface area contributed by atoms with Crippen molar-refractivity contribution in [1.82, 2.24) is 15.1 Å². The number of nitrogens with zero attached hydrogens (tertiary/aromatic N) is 2. The molecule has 0 aliphatic rings. The molecule has 3 aromatic rings. The fraction of sp³-hybridized carbons (Fsp3) is 0.0625. The van der Waals surface area contributed by atoms with Crippen molar-refractivity contribution in [2.24, 2.45) is 0 Å². The molecule has 0 aliphatic carbocycles. The zero-order chi connectivity index (χ0) is 16.9. The summed E-state index contributed by atoms with van der Waals surface area (Å²) in [5, 5.41) is 9.32. The second-order valence-corrected chi connectivity index (χ2v) is 5.61. The first-order valence-electron chi connectivity index (χ1n) is 7.05. The van der Waals surface area contributed by atoms with Crippen molar-refractivity contribution >= 4 is 33.4 Å². The molecule has 2 heterocycles. The summed E-state index contributed by atoms with van der Waals surface area (Å²) >= 11 is 3.11. The SMILES string of the molecule is O=C(CNC(=O)c1ccc(Br)o1)Nc1ccc(-n2cccn2)cc1. The molecule has 7 nitrogen and oxygen atoms in total. The minimum Gasteiger partial charge on any atom is -0.444 e. The van der Waals surface area contributed by atoms with Crippen LogP contribution in [0.3, 0.4) is 0 Å². The first kappa shape index (κ1) is 16.0. The van der Waals surface area contributed by atoms with E-state index in [1.165, 1.54) is 6.07 Å². The van der Waals surface area contributed by atoms with Gasteiger partial charge in [-0.2, -0.15) is 5.10 Å². The molecule has 0 saturated carbocycles. The Morgan fingerprint density at radius 1 is 1.17 bits per heavy atom. The first-order valence-corrected chi connectivity index (χ1v) is 7.84. The number of benzene rings is 1. The van der Waals surface area contributed by atoms with Gasteiger partial charge in [0.15, 0.2) is 10.4 Å². The van der Waals surface area contributed by atoms with E-state index in [1.54, 1.807) is 29.1 Å². The van der Waals surface area contributed by atoms with Gasteiger partial charge in [-0.25, -0.2) is 4.68 Å². The molecule has 0 saturated heterocycles. The summed E-state index contributed by atoms with van der Waals surface area (Å²) in [5.74, 6) is -0.649. The largest absolute Gasteiger partial charge is 0.444 e. The van der Waals surface area contributed by atoms with Crippen molar-refractivity contribution < 1.29 is 14.0 Å². The molecule has 8 heteroatoms. The molecular formula is C16H13BrN4O3. The van der Waals surface area contributed by atoms with Gasteiger partial charge in [-0.15, -0.1) is 0 Å². The standard InChI is InChI=1S/C16H13BrN4O3/c17-14-7-6-13(24-14)16(23)18-10-15(22)20-11-2-4-12(5-3-11)21-9-1-8-19-21/h1-9H,10H2,(H,18,23)(H,20,22). The second kappa shape index (κ2) is 7.14. The van der Waals surface area contributed by atoms with Gasteiger partial charge >= 0.3 is 0 Å². The summed E-state index contributed by atoms with van der Waals surface area (Å²) in [5.41, 5.74) is 1.51. The Hall–Kier alpha value is -2.87. The highest BCUT2D eigenvalue weighted by Gasteiger charge is 2.11. The highest BCUT2D eigenvalue weighted by Crippen LogP contribution is 2.14. The zero-order valence-corrected chi connectivity index (χ0v) is 14.0. The molecule has 2 N–H and O–H groups in total. The maximum absolute atomic E-state index is 11.9. The molecule has 24 heavy (non-hydrogen) atoms. The maximum Gasteiger partial charge on any atom is 0.287 e. The Balaban J connectivity index is 1.52. The number of hydrogen-bond donors (Lipinski definition) is 2. The number of furan rings is 1. The van der Waals surface area contributed by atoms with Crippen molar-refractivity contribution in [3.05, 3.63) is 65.3 Å². The van der Waals surface area contributed by atoms with Crippen molar-refractivity contribution in [2.45, 2.75) is 0 Å². The lowest BCUT2D eigenvalue weighted by molar-refractivity contribution is -0.115. The van der Waals surface area contributed by atoms with Gasteiger partial charge in [0.05, 0.1) is 12.2 Å². The number of anilines is 1. The van der Waals surface area contributed by atoms with E-state index in [0.717, 1.165) is 5.69 Å². The third-order valence-corrected chi connectivity index (χ3v) is 3.55. The number of carbonyl (C=O) groups is 2. The van der Waals surface area contributed by atoms with Crippen LogP contribution in [0.15, 0.2) is 63.9 Å². The molecule has 0 atom stereocenters. The van der Waals surface area contributed by atoms with Crippen LogP contribution in [0, 0.1) is 0 Å². The van der Waals surface area contributed by atoms with E-state index in [1.807, 2.05) is 24.4 Å². The van der Waals surface area contributed by atoms with Gasteiger partial charge in [-0.05, 0) is 58.4 Å². The molecule has 0 spiro atoms. The Labute approximate surface area is 145 Å². The van der Waals surface area contributed by atoms with Gasteiger partial charge in [-0.3, -0.25) is 9.59 Å². The summed E-state index contributed by atoms with van der Waals surface area (Å²) in [7, 11) is 0. The number of amides is 2. The van der Waals surface area contributed by atoms with E-state index in [9.17, 15) is 9.59 Å². The number of halogens is 1. The summed E-state index contributed by atoms with van der Waals surface area (Å²) in [6, 6.07) is 12.2. The molecule has 2 aromatic heterocycles. The highest BCUT2D eigenvalue weighted by molar-refractivity contribution is 9.10. The van der Waals surface area contributed by atoms with Crippen LogP contribution in [0.25, 0.3) is 5.69 Å². The van der Waals surface area contributed by atoms with Crippen molar-refractivity contribution in [2.75, 3.05) is 11.9 Å². The number of nitrogens with one attached hydrogen (secondary N) is 2. The van der Waals surface area contributed by atoms with Gasteiger partial charge in [0.1, 0.15) is 0 Å². The summed E-state index contributed by atoms with van der Waals surface area (Å²) in [6.07, 6.45) is 3.52. The number of rotatable bonds is 5. The lowest BCUT2D eigenvalue weighted by Crippen LogP contribution is -2.32. The lowest BCUT2D eigenvalue weighted by Gasteiger charge is -2.07. The topological polar surface area (TPSA) is 89.2 Å². The van der Waals surface area contributed by atoms with Crippen LogP contribution in [0.5, 0.6) is 0 Å². The number of carbonyl (C=O) groups excluding carboxylic acids is 2. The third-order valence-electron chi connectivity index (χ3n) is 3.13. The summed E-state index contributed by atoms with van der Waals surface area (Å²) in [6.45, 7) is -0.155. The summed E-state index contributed by atoms with van der Waals surface area (Å²) in [4.78, 5) is 23.7. The van der Waals surface area contributed by atoms with Crippen LogP contribution in [-0.2, 0) is 4.79 Å². The lowest BCUT2D eigenvalue weighted by atomic mass is 10.3. The molecule has 0 bridgehead atoms. The van der Waals surface area contributed by atoms with Crippen molar-refractivity contribution in [3.8, 4) is 5.69 Å². The Morgan fingerprint density at radius 3 is 2.58 bits per heavy atom. The molecule has 0 fully saturated rings. The average molecular weight is 389 g/mol. The van der Waals surface area contributed by atoms with Gasteiger partial charge in [-0.1, -0.05) is 0 Å². The van der Waals surface area contributed by atoms with E-state index >= 15 is 0 Å². The van der Waals surface area contributed by atoms with Gasteiger partial charge < -0.3 is 15.1 Å². The quantitative estimate of drug-likeness (QED) is 0.702. The summed E-state index contributed by atoms with van der Waals surface area (Å²) < 4.78 is 7.28. The van der Waals surface area contributed by atoms with E-state index in [0.29, 0.717) is 10.4 Å². The fourth-order valence-corrected chi connectivity index (χ4v) is 2.31.